The second kappa shape index (κ2) is 7.87. The minimum Gasteiger partial charge on any atom is -0.274 e. The first kappa shape index (κ1) is 21.2. The van der Waals surface area contributed by atoms with Gasteiger partial charge in [-0.15, -0.1) is 0 Å². The minimum atomic E-state index is -0.335. The van der Waals surface area contributed by atoms with Crippen LogP contribution in [-0.2, 0) is 14.4 Å². The number of anilines is 2. The number of para-hydroxylation sites is 1. The molecule has 2 heterocycles. The first-order valence-electron chi connectivity index (χ1n) is 11.7. The Morgan fingerprint density at radius 2 is 1.68 bits per heavy atom. The van der Waals surface area contributed by atoms with Crippen molar-refractivity contribution in [3.63, 3.8) is 0 Å². The van der Waals surface area contributed by atoms with Gasteiger partial charge < -0.3 is 0 Å². The summed E-state index contributed by atoms with van der Waals surface area (Å²) >= 11 is 1.42. The van der Waals surface area contributed by atoms with Gasteiger partial charge in [0.2, 0.25) is 11.8 Å². The van der Waals surface area contributed by atoms with E-state index >= 15 is 0 Å². The number of carbonyl (C=O) groups excluding carboxylic acids is 3. The van der Waals surface area contributed by atoms with Crippen LogP contribution in [0.1, 0.15) is 31.7 Å². The van der Waals surface area contributed by atoms with E-state index in [-0.39, 0.29) is 47.9 Å². The molecule has 4 unspecified atom stereocenters. The van der Waals surface area contributed by atoms with Crippen LogP contribution in [0.2, 0.25) is 0 Å². The normalized spacial score (nSPS) is 25.1. The lowest BCUT2D eigenvalue weighted by Crippen LogP contribution is -2.42. The van der Waals surface area contributed by atoms with Crippen LogP contribution in [0.3, 0.4) is 0 Å². The molecule has 0 spiro atoms. The smallest absolute Gasteiger partial charge is 0.253 e. The molecule has 2 bridgehead atoms. The Morgan fingerprint density at radius 3 is 2.29 bits per heavy atom. The van der Waals surface area contributed by atoms with Gasteiger partial charge in [-0.05, 0) is 54.0 Å². The maximum Gasteiger partial charge on any atom is 0.253 e. The molecule has 4 atom stereocenters. The molecular weight excluding hydrogens is 446 g/mol. The molecular formula is C27H25N3O3S. The molecule has 0 radical (unpaired) electrons. The van der Waals surface area contributed by atoms with Crippen LogP contribution in [0.25, 0.3) is 10.2 Å². The molecule has 7 heteroatoms. The molecule has 2 aliphatic carbocycles. The summed E-state index contributed by atoms with van der Waals surface area (Å²) in [6.45, 7) is 3.97. The number of benzene rings is 2. The van der Waals surface area contributed by atoms with Crippen molar-refractivity contribution < 1.29 is 14.4 Å². The molecule has 1 aliphatic heterocycles. The number of amides is 3. The van der Waals surface area contributed by atoms with Crippen LogP contribution in [0, 0.1) is 23.7 Å². The fourth-order valence-electron chi connectivity index (χ4n) is 5.65. The van der Waals surface area contributed by atoms with Crippen LogP contribution in [-0.4, -0.2) is 34.2 Å². The Morgan fingerprint density at radius 1 is 1.03 bits per heavy atom. The van der Waals surface area contributed by atoms with Gasteiger partial charge in [0, 0.05) is 0 Å². The fourth-order valence-corrected chi connectivity index (χ4v) is 6.66. The zero-order chi connectivity index (χ0) is 23.6. The highest BCUT2D eigenvalue weighted by molar-refractivity contribution is 7.22. The van der Waals surface area contributed by atoms with E-state index in [1.165, 1.54) is 21.8 Å². The molecule has 1 aromatic heterocycles. The molecule has 172 valence electrons. The summed E-state index contributed by atoms with van der Waals surface area (Å²) in [6.07, 6.45) is 4.99. The van der Waals surface area contributed by atoms with Crippen molar-refractivity contribution in [1.29, 1.82) is 0 Å². The van der Waals surface area contributed by atoms with Crippen LogP contribution < -0.4 is 4.90 Å². The number of likely N-dealkylation sites (tertiary alicyclic amines) is 1. The van der Waals surface area contributed by atoms with Crippen molar-refractivity contribution >= 4 is 50.1 Å². The Kier molecular flexibility index (Phi) is 4.92. The third-order valence-corrected chi connectivity index (χ3v) is 8.42. The number of hydrogen-bond acceptors (Lipinski definition) is 5. The monoisotopic (exact) mass is 471 g/mol. The Bertz CT molecular complexity index is 1280. The summed E-state index contributed by atoms with van der Waals surface area (Å²) in [5.74, 6) is -0.763. The zero-order valence-corrected chi connectivity index (χ0v) is 19.9. The third kappa shape index (κ3) is 3.21. The maximum atomic E-state index is 13.7. The van der Waals surface area contributed by atoms with Gasteiger partial charge in [-0.3, -0.25) is 24.2 Å². The molecule has 1 saturated heterocycles. The van der Waals surface area contributed by atoms with Crippen LogP contribution in [0.15, 0.2) is 60.7 Å². The third-order valence-electron chi connectivity index (χ3n) is 7.40. The molecule has 3 amide bonds. The van der Waals surface area contributed by atoms with Crippen LogP contribution in [0.4, 0.5) is 10.8 Å². The lowest BCUT2D eigenvalue weighted by molar-refractivity contribution is -0.143. The second-order valence-corrected chi connectivity index (χ2v) is 10.7. The molecule has 3 aromatic rings. The van der Waals surface area contributed by atoms with E-state index in [2.05, 4.69) is 26.0 Å². The van der Waals surface area contributed by atoms with Crippen molar-refractivity contribution in [2.75, 3.05) is 11.4 Å². The van der Waals surface area contributed by atoms with Crippen molar-refractivity contribution in [2.24, 2.45) is 23.7 Å². The topological polar surface area (TPSA) is 70.6 Å². The SMILES string of the molecule is CC(C)c1ccc(N(C(=O)CN2C(=O)C3C4C=CC(C4)C3C2=O)c2nc3ccccc3s2)cc1. The predicted octanol–water partition coefficient (Wildman–Crippen LogP) is 4.89. The van der Waals surface area contributed by atoms with E-state index in [4.69, 9.17) is 4.98 Å². The standard InChI is InChI=1S/C27H25N3O3S/c1-15(2)16-9-11-19(12-10-16)30(27-28-20-5-3-4-6-21(20)34-27)22(31)14-29-25(32)23-17-7-8-18(13-17)24(23)26(29)33/h3-12,15,17-18,23-24H,13-14H2,1-2H3. The number of carbonyl (C=O) groups is 3. The number of hydrogen-bond donors (Lipinski definition) is 0. The van der Waals surface area contributed by atoms with E-state index < -0.39 is 0 Å². The van der Waals surface area contributed by atoms with Crippen molar-refractivity contribution in [3.05, 3.63) is 66.2 Å². The molecule has 0 N–H and O–H groups in total. The summed E-state index contributed by atoms with van der Waals surface area (Å²) in [6, 6.07) is 15.6. The van der Waals surface area contributed by atoms with E-state index in [1.54, 1.807) is 4.90 Å². The number of rotatable bonds is 5. The summed E-state index contributed by atoms with van der Waals surface area (Å²) in [4.78, 5) is 47.5. The number of thiazole rings is 1. The molecule has 2 fully saturated rings. The van der Waals surface area contributed by atoms with E-state index in [9.17, 15) is 14.4 Å². The Balaban J connectivity index is 1.34. The molecule has 6 nitrogen and oxygen atoms in total. The zero-order valence-electron chi connectivity index (χ0n) is 19.0. The number of allylic oxidation sites excluding steroid dienone is 2. The lowest BCUT2D eigenvalue weighted by atomic mass is 9.85. The van der Waals surface area contributed by atoms with Gasteiger partial charge in [0.15, 0.2) is 5.13 Å². The van der Waals surface area contributed by atoms with Gasteiger partial charge in [0.05, 0.1) is 27.7 Å². The molecule has 3 aliphatic rings. The summed E-state index contributed by atoms with van der Waals surface area (Å²) in [7, 11) is 0. The van der Waals surface area contributed by atoms with Crippen molar-refractivity contribution in [3.8, 4) is 0 Å². The highest BCUT2D eigenvalue weighted by Crippen LogP contribution is 2.52. The highest BCUT2D eigenvalue weighted by Gasteiger charge is 2.59. The number of imide groups is 1. The van der Waals surface area contributed by atoms with E-state index in [1.807, 2.05) is 48.5 Å². The summed E-state index contributed by atoms with van der Waals surface area (Å²) in [5, 5.41) is 0.532. The largest absolute Gasteiger partial charge is 0.274 e. The Hall–Kier alpha value is -3.32. The average Bonchev–Trinajstić information content (AvgIpc) is 3.59. The van der Waals surface area contributed by atoms with Gasteiger partial charge in [-0.1, -0.05) is 61.6 Å². The van der Waals surface area contributed by atoms with Gasteiger partial charge in [-0.2, -0.15) is 0 Å². The van der Waals surface area contributed by atoms with Gasteiger partial charge >= 0.3 is 0 Å². The molecule has 1 saturated carbocycles. The predicted molar refractivity (Wildman–Crippen MR) is 132 cm³/mol. The number of aromatic nitrogens is 1. The Labute approximate surface area is 201 Å². The first-order valence-corrected chi connectivity index (χ1v) is 12.6. The molecule has 34 heavy (non-hydrogen) atoms. The van der Waals surface area contributed by atoms with Crippen LogP contribution in [0.5, 0.6) is 0 Å². The highest BCUT2D eigenvalue weighted by atomic mass is 32.1. The number of nitrogens with zero attached hydrogens (tertiary/aromatic N) is 3. The minimum absolute atomic E-state index is 0.121. The number of fused-ring (bicyclic) bond motifs is 6. The van der Waals surface area contributed by atoms with Gasteiger partial charge in [0.1, 0.15) is 6.54 Å². The van der Waals surface area contributed by atoms with Crippen LogP contribution >= 0.6 is 11.3 Å². The summed E-state index contributed by atoms with van der Waals surface area (Å²) in [5.41, 5.74) is 2.65. The lowest BCUT2D eigenvalue weighted by Gasteiger charge is -2.24. The molecule has 6 rings (SSSR count). The average molecular weight is 472 g/mol. The quantitative estimate of drug-likeness (QED) is 0.392. The van der Waals surface area contributed by atoms with Gasteiger partial charge in [-0.25, -0.2) is 4.98 Å². The summed E-state index contributed by atoms with van der Waals surface area (Å²) < 4.78 is 0.972. The van der Waals surface area contributed by atoms with Crippen molar-refractivity contribution in [2.45, 2.75) is 26.2 Å². The first-order chi connectivity index (χ1) is 16.4. The van der Waals surface area contributed by atoms with Gasteiger partial charge in [0.25, 0.3) is 5.91 Å². The fraction of sp³-hybridized carbons (Fsp3) is 0.333. The van der Waals surface area contributed by atoms with E-state index in [0.29, 0.717) is 16.7 Å². The van der Waals surface area contributed by atoms with E-state index in [0.717, 1.165) is 16.6 Å². The molecule has 2 aromatic carbocycles. The second-order valence-electron chi connectivity index (χ2n) is 9.70. The van der Waals surface area contributed by atoms with Crippen molar-refractivity contribution in [1.82, 2.24) is 9.88 Å². The maximum absolute atomic E-state index is 13.7.